The van der Waals surface area contributed by atoms with Crippen LogP contribution in [0.2, 0.25) is 0 Å². The third-order valence-corrected chi connectivity index (χ3v) is 9.98. The van der Waals surface area contributed by atoms with Crippen molar-refractivity contribution in [3.05, 3.63) is 168 Å². The van der Waals surface area contributed by atoms with Crippen molar-refractivity contribution in [2.75, 3.05) is 18.0 Å². The number of quaternary nitrogens is 1. The number of fused-ring (bicyclic) bond motifs is 3. The number of benzene rings is 6. The van der Waals surface area contributed by atoms with Crippen LogP contribution in [-0.4, -0.2) is 19.1 Å². The second-order valence-electron chi connectivity index (χ2n) is 12.8. The molecule has 2 heterocycles. The van der Waals surface area contributed by atoms with Gasteiger partial charge in [-0.05, 0) is 82.9 Å². The molecular weight excluding hydrogens is 619 g/mol. The van der Waals surface area contributed by atoms with E-state index < -0.39 is 16.4 Å². The van der Waals surface area contributed by atoms with Crippen molar-refractivity contribution < 1.29 is 13.2 Å². The number of hydroxylamine groups is 1. The maximum Gasteiger partial charge on any atom is 0.416 e. The van der Waals surface area contributed by atoms with Crippen LogP contribution >= 0.6 is 0 Å². The van der Waals surface area contributed by atoms with Gasteiger partial charge >= 0.3 is 6.18 Å². The molecule has 0 aliphatic carbocycles. The van der Waals surface area contributed by atoms with Gasteiger partial charge in [0.25, 0.3) is 0 Å². The SMILES string of the molecule is [O-][N+]1(c2ccc(-c3ccc(-c4ccc(C(F)(F)F)cc4)cc3)cc2)c2ccc(N(c3ccccc3)c3ccccc3)cc2C2CNCCC21. The summed E-state index contributed by atoms with van der Waals surface area (Å²) >= 11 is 0. The maximum atomic E-state index is 15.3. The lowest BCUT2D eigenvalue weighted by atomic mass is 9.89. The molecule has 7 heteroatoms. The molecule has 1 saturated heterocycles. The molecule has 1 N–H and O–H groups in total. The van der Waals surface area contributed by atoms with Gasteiger partial charge in [0.05, 0.1) is 11.5 Å². The standard InChI is InChI=1S/C42H34F3N3O/c43-42(44,45)33-19-15-31(16-20-33)29-11-13-30(14-12-29)32-17-22-37(23-18-32)48(49)40-24-21-36(27-38(40)39-28-46-26-25-41(39)48)47(34-7-3-1-4-8-34)35-9-5-2-6-10-35/h1-24,27,39,41,46H,25-26,28H2. The molecule has 6 aromatic carbocycles. The molecule has 0 amide bonds. The summed E-state index contributed by atoms with van der Waals surface area (Å²) in [4.78, 5) is 2.24. The number of rotatable bonds is 6. The summed E-state index contributed by atoms with van der Waals surface area (Å²) in [5, 5.41) is 18.8. The second kappa shape index (κ2) is 12.3. The second-order valence-corrected chi connectivity index (χ2v) is 12.8. The quantitative estimate of drug-likeness (QED) is 0.144. The largest absolute Gasteiger partial charge is 0.622 e. The molecule has 2 aliphatic rings. The van der Waals surface area contributed by atoms with Gasteiger partial charge in [-0.15, -0.1) is 0 Å². The van der Waals surface area contributed by atoms with Gasteiger partial charge in [0, 0.05) is 60.3 Å². The van der Waals surface area contributed by atoms with Crippen LogP contribution in [0.25, 0.3) is 22.3 Å². The van der Waals surface area contributed by atoms with Crippen LogP contribution in [0.4, 0.5) is 41.6 Å². The number of piperidine rings is 1. The molecule has 0 bridgehead atoms. The lowest BCUT2D eigenvalue weighted by molar-refractivity contribution is -0.137. The summed E-state index contributed by atoms with van der Waals surface area (Å²) in [5.74, 6) is 0.0759. The number of alkyl halides is 3. The number of nitrogens with one attached hydrogen (secondary N) is 1. The zero-order valence-electron chi connectivity index (χ0n) is 26.6. The van der Waals surface area contributed by atoms with Crippen molar-refractivity contribution in [1.82, 2.24) is 9.96 Å². The van der Waals surface area contributed by atoms with Gasteiger partial charge in [0.15, 0.2) is 0 Å². The number of nitrogens with zero attached hydrogens (tertiary/aromatic N) is 2. The predicted octanol–water partition coefficient (Wildman–Crippen LogP) is 11.1. The molecule has 0 spiro atoms. The molecule has 8 rings (SSSR count). The third kappa shape index (κ3) is 5.60. The number of halogens is 3. The van der Waals surface area contributed by atoms with Crippen LogP contribution in [-0.2, 0) is 6.18 Å². The highest BCUT2D eigenvalue weighted by atomic mass is 19.4. The normalized spacial score (nSPS) is 20.0. The number of para-hydroxylation sites is 2. The van der Waals surface area contributed by atoms with E-state index >= 15 is 5.21 Å². The average molecular weight is 654 g/mol. The predicted molar refractivity (Wildman–Crippen MR) is 192 cm³/mol. The highest BCUT2D eigenvalue weighted by molar-refractivity contribution is 5.81. The molecule has 0 radical (unpaired) electrons. The Kier molecular flexibility index (Phi) is 7.83. The Labute approximate surface area is 283 Å². The molecule has 0 aromatic heterocycles. The Bertz CT molecular complexity index is 2030. The molecule has 4 nitrogen and oxygen atoms in total. The molecule has 3 unspecified atom stereocenters. The van der Waals surface area contributed by atoms with E-state index in [2.05, 4.69) is 46.6 Å². The summed E-state index contributed by atoms with van der Waals surface area (Å²) in [6, 6.07) is 47.6. The molecule has 49 heavy (non-hydrogen) atoms. The Balaban J connectivity index is 1.11. The summed E-state index contributed by atoms with van der Waals surface area (Å²) in [6.07, 6.45) is -3.59. The lowest BCUT2D eigenvalue weighted by Crippen LogP contribution is -2.51. The van der Waals surface area contributed by atoms with Crippen molar-refractivity contribution in [3.63, 3.8) is 0 Å². The maximum absolute atomic E-state index is 15.3. The Morgan fingerprint density at radius 2 is 1.12 bits per heavy atom. The van der Waals surface area contributed by atoms with Crippen LogP contribution in [0.3, 0.4) is 0 Å². The van der Waals surface area contributed by atoms with Crippen LogP contribution < -0.4 is 14.9 Å². The van der Waals surface area contributed by atoms with E-state index in [1.165, 1.54) is 12.1 Å². The first-order valence-electron chi connectivity index (χ1n) is 16.5. The van der Waals surface area contributed by atoms with Crippen molar-refractivity contribution in [2.45, 2.75) is 24.6 Å². The fourth-order valence-corrected chi connectivity index (χ4v) is 7.57. The minimum absolute atomic E-state index is 0.0759. The monoisotopic (exact) mass is 653 g/mol. The van der Waals surface area contributed by atoms with E-state index in [1.807, 2.05) is 91.0 Å². The first-order valence-corrected chi connectivity index (χ1v) is 16.5. The lowest BCUT2D eigenvalue weighted by Gasteiger charge is -2.46. The fraction of sp³-hybridized carbons (Fsp3) is 0.143. The number of hydrogen-bond acceptors (Lipinski definition) is 3. The van der Waals surface area contributed by atoms with E-state index in [0.29, 0.717) is 5.69 Å². The Morgan fingerprint density at radius 1 is 0.612 bits per heavy atom. The van der Waals surface area contributed by atoms with Crippen LogP contribution in [0.5, 0.6) is 0 Å². The number of hydrogen-bond donors (Lipinski definition) is 1. The first-order chi connectivity index (χ1) is 23.8. The van der Waals surface area contributed by atoms with Crippen molar-refractivity contribution in [1.29, 1.82) is 0 Å². The van der Waals surface area contributed by atoms with Gasteiger partial charge in [0.1, 0.15) is 17.4 Å². The summed E-state index contributed by atoms with van der Waals surface area (Å²) in [7, 11) is 0. The van der Waals surface area contributed by atoms with E-state index in [-0.39, 0.29) is 12.0 Å². The van der Waals surface area contributed by atoms with E-state index in [4.69, 9.17) is 0 Å². The first kappa shape index (κ1) is 31.1. The van der Waals surface area contributed by atoms with E-state index in [0.717, 1.165) is 82.2 Å². The van der Waals surface area contributed by atoms with Crippen LogP contribution in [0.15, 0.2) is 152 Å². The minimum atomic E-state index is -4.36. The molecular formula is C42H34F3N3O. The molecule has 1 fully saturated rings. The molecule has 6 aromatic rings. The van der Waals surface area contributed by atoms with E-state index in [9.17, 15) is 13.2 Å². The molecule has 244 valence electrons. The summed E-state index contributed by atoms with van der Waals surface area (Å²) < 4.78 is 38.5. The van der Waals surface area contributed by atoms with Gasteiger partial charge in [-0.2, -0.15) is 13.2 Å². The Hall–Kier alpha value is -5.21. The Morgan fingerprint density at radius 3 is 1.65 bits per heavy atom. The topological polar surface area (TPSA) is 38.3 Å². The highest BCUT2D eigenvalue weighted by Gasteiger charge is 2.50. The average Bonchev–Trinajstić information content (AvgIpc) is 3.41. The zero-order valence-corrected chi connectivity index (χ0v) is 26.6. The van der Waals surface area contributed by atoms with E-state index in [1.54, 1.807) is 0 Å². The molecule has 0 saturated carbocycles. The van der Waals surface area contributed by atoms with Crippen molar-refractivity contribution in [2.24, 2.45) is 0 Å². The van der Waals surface area contributed by atoms with Gasteiger partial charge in [-0.1, -0.05) is 72.8 Å². The smallest absolute Gasteiger partial charge is 0.416 e. The molecule has 2 aliphatic heterocycles. The minimum Gasteiger partial charge on any atom is -0.622 e. The van der Waals surface area contributed by atoms with Gasteiger partial charge < -0.3 is 15.4 Å². The fourth-order valence-electron chi connectivity index (χ4n) is 7.57. The summed E-state index contributed by atoms with van der Waals surface area (Å²) in [5.41, 5.74) is 8.52. The van der Waals surface area contributed by atoms with Crippen LogP contribution in [0.1, 0.15) is 23.5 Å². The zero-order chi connectivity index (χ0) is 33.6. The van der Waals surface area contributed by atoms with Crippen molar-refractivity contribution in [3.8, 4) is 22.3 Å². The highest BCUT2D eigenvalue weighted by Crippen LogP contribution is 2.54. The van der Waals surface area contributed by atoms with Gasteiger partial charge in [0.2, 0.25) is 0 Å². The van der Waals surface area contributed by atoms with Gasteiger partial charge in [-0.3, -0.25) is 4.65 Å². The number of anilines is 3. The van der Waals surface area contributed by atoms with Gasteiger partial charge in [-0.25, -0.2) is 0 Å². The summed E-state index contributed by atoms with van der Waals surface area (Å²) in [6.45, 7) is 1.55. The molecule has 3 atom stereocenters. The van der Waals surface area contributed by atoms with Crippen molar-refractivity contribution >= 4 is 28.4 Å². The third-order valence-electron chi connectivity index (χ3n) is 9.98. The van der Waals surface area contributed by atoms with Crippen LogP contribution in [0, 0.1) is 5.21 Å².